The van der Waals surface area contributed by atoms with E-state index < -0.39 is 0 Å². The van der Waals surface area contributed by atoms with Crippen molar-refractivity contribution in [1.29, 1.82) is 0 Å². The van der Waals surface area contributed by atoms with Crippen molar-refractivity contribution in [3.63, 3.8) is 0 Å². The summed E-state index contributed by atoms with van der Waals surface area (Å²) in [5.41, 5.74) is 6.30. The molecule has 1 nitrogen and oxygen atoms in total. The first-order valence-corrected chi connectivity index (χ1v) is 6.04. The Morgan fingerprint density at radius 2 is 1.46 bits per heavy atom. The maximum atomic E-state index is 6.30. The summed E-state index contributed by atoms with van der Waals surface area (Å²) in [7, 11) is 0. The molecule has 0 aromatic rings. The van der Waals surface area contributed by atoms with Crippen LogP contribution in [0.3, 0.4) is 0 Å². The van der Waals surface area contributed by atoms with Crippen molar-refractivity contribution in [2.24, 2.45) is 23.5 Å². The highest BCUT2D eigenvalue weighted by atomic mass is 14.7. The first-order valence-electron chi connectivity index (χ1n) is 6.04. The molecule has 3 fully saturated rings. The van der Waals surface area contributed by atoms with Gasteiger partial charge in [0.25, 0.3) is 0 Å². The molecular weight excluding hydrogens is 158 g/mol. The lowest BCUT2D eigenvalue weighted by Gasteiger charge is -2.39. The monoisotopic (exact) mass is 181 g/mol. The summed E-state index contributed by atoms with van der Waals surface area (Å²) in [4.78, 5) is 0. The van der Waals surface area contributed by atoms with E-state index in [0.717, 1.165) is 17.8 Å². The van der Waals surface area contributed by atoms with E-state index >= 15 is 0 Å². The van der Waals surface area contributed by atoms with Crippen LogP contribution in [0.4, 0.5) is 0 Å². The predicted molar refractivity (Wildman–Crippen MR) is 56.4 cm³/mol. The highest BCUT2D eigenvalue weighted by molar-refractivity contribution is 4.88. The van der Waals surface area contributed by atoms with Crippen molar-refractivity contribution >= 4 is 0 Å². The molecule has 0 saturated heterocycles. The van der Waals surface area contributed by atoms with E-state index in [9.17, 15) is 0 Å². The van der Waals surface area contributed by atoms with Gasteiger partial charge in [0.15, 0.2) is 0 Å². The largest absolute Gasteiger partial charge is 0.327 e. The zero-order chi connectivity index (χ0) is 9.26. The fourth-order valence-electron chi connectivity index (χ4n) is 3.36. The maximum absolute atomic E-state index is 6.30. The minimum atomic E-state index is 0.511. The Hall–Kier alpha value is -0.0400. The molecule has 2 N–H and O–H groups in total. The van der Waals surface area contributed by atoms with Crippen LogP contribution in [0.15, 0.2) is 0 Å². The van der Waals surface area contributed by atoms with Crippen molar-refractivity contribution in [2.75, 3.05) is 0 Å². The van der Waals surface area contributed by atoms with Gasteiger partial charge in [-0.2, -0.15) is 0 Å². The standard InChI is InChI=1S/C12H23N/c1-9-10-5-3-2-4-6-11(8-7-10)12(9)13/h9-12H,2-8,13H2,1H3. The zero-order valence-corrected chi connectivity index (χ0v) is 8.84. The molecule has 0 radical (unpaired) electrons. The van der Waals surface area contributed by atoms with Crippen LogP contribution in [-0.4, -0.2) is 6.04 Å². The number of fused-ring (bicyclic) bond motifs is 6. The second kappa shape index (κ2) is 4.00. The molecule has 4 atom stereocenters. The Morgan fingerprint density at radius 3 is 2.23 bits per heavy atom. The SMILES string of the molecule is CC1C2CCCCCC(CC2)C1N. The van der Waals surface area contributed by atoms with Gasteiger partial charge in [-0.3, -0.25) is 0 Å². The Balaban J connectivity index is 2.08. The number of hydrogen-bond acceptors (Lipinski definition) is 1. The molecule has 1 heteroatoms. The summed E-state index contributed by atoms with van der Waals surface area (Å²) in [5.74, 6) is 2.59. The second-order valence-electron chi connectivity index (χ2n) is 5.17. The normalized spacial score (nSPS) is 46.6. The minimum absolute atomic E-state index is 0.511. The average molecular weight is 181 g/mol. The van der Waals surface area contributed by atoms with Crippen LogP contribution >= 0.6 is 0 Å². The zero-order valence-electron chi connectivity index (χ0n) is 8.84. The third-order valence-corrected chi connectivity index (χ3v) is 4.45. The van der Waals surface area contributed by atoms with E-state index in [1.807, 2.05) is 0 Å². The van der Waals surface area contributed by atoms with E-state index in [2.05, 4.69) is 6.92 Å². The van der Waals surface area contributed by atoms with Crippen LogP contribution in [0.5, 0.6) is 0 Å². The van der Waals surface area contributed by atoms with Gasteiger partial charge in [0.1, 0.15) is 0 Å². The van der Waals surface area contributed by atoms with Gasteiger partial charge in [0.2, 0.25) is 0 Å². The topological polar surface area (TPSA) is 26.0 Å². The number of rotatable bonds is 0. The van der Waals surface area contributed by atoms with Gasteiger partial charge in [0, 0.05) is 6.04 Å². The molecule has 3 rings (SSSR count). The molecule has 0 heterocycles. The quantitative estimate of drug-likeness (QED) is 0.611. The molecule has 0 spiro atoms. The first kappa shape index (κ1) is 9.51. The van der Waals surface area contributed by atoms with E-state index in [4.69, 9.17) is 5.73 Å². The molecule has 0 amide bonds. The average Bonchev–Trinajstić information content (AvgIpc) is 2.28. The highest BCUT2D eigenvalue weighted by Gasteiger charge is 2.34. The Labute approximate surface area is 82.1 Å². The minimum Gasteiger partial charge on any atom is -0.327 e. The number of hydrogen-bond donors (Lipinski definition) is 1. The summed E-state index contributed by atoms with van der Waals surface area (Å²) in [6, 6.07) is 0.511. The van der Waals surface area contributed by atoms with Gasteiger partial charge in [-0.1, -0.05) is 32.6 Å². The van der Waals surface area contributed by atoms with E-state index in [1.54, 1.807) is 0 Å². The van der Waals surface area contributed by atoms with Crippen LogP contribution in [0.1, 0.15) is 51.9 Å². The molecule has 76 valence electrons. The Bertz CT molecular complexity index is 141. The predicted octanol–water partition coefficient (Wildman–Crippen LogP) is 2.94. The van der Waals surface area contributed by atoms with Gasteiger partial charge < -0.3 is 5.73 Å². The molecular formula is C12H23N. The molecule has 0 aromatic carbocycles. The lowest BCUT2D eigenvalue weighted by Crippen LogP contribution is -2.43. The molecule has 3 saturated carbocycles. The van der Waals surface area contributed by atoms with Gasteiger partial charge in [-0.05, 0) is 37.0 Å². The van der Waals surface area contributed by atoms with Crippen molar-refractivity contribution in [3.8, 4) is 0 Å². The lowest BCUT2D eigenvalue weighted by molar-refractivity contribution is 0.152. The van der Waals surface area contributed by atoms with Gasteiger partial charge in [-0.25, -0.2) is 0 Å². The molecule has 13 heavy (non-hydrogen) atoms. The van der Waals surface area contributed by atoms with Crippen molar-refractivity contribution in [2.45, 2.75) is 57.9 Å². The van der Waals surface area contributed by atoms with E-state index in [-0.39, 0.29) is 0 Å². The summed E-state index contributed by atoms with van der Waals surface area (Å²) >= 11 is 0. The van der Waals surface area contributed by atoms with Crippen LogP contribution < -0.4 is 5.73 Å². The summed E-state index contributed by atoms with van der Waals surface area (Å²) < 4.78 is 0. The molecule has 0 aliphatic heterocycles. The fourth-order valence-corrected chi connectivity index (χ4v) is 3.36. The van der Waals surface area contributed by atoms with E-state index in [1.165, 1.54) is 44.9 Å². The number of nitrogens with two attached hydrogens (primary N) is 1. The van der Waals surface area contributed by atoms with Gasteiger partial charge in [-0.15, -0.1) is 0 Å². The smallest absolute Gasteiger partial charge is 0.00956 e. The molecule has 4 unspecified atom stereocenters. The third kappa shape index (κ3) is 1.90. The molecule has 2 bridgehead atoms. The van der Waals surface area contributed by atoms with Crippen molar-refractivity contribution < 1.29 is 0 Å². The van der Waals surface area contributed by atoms with Crippen LogP contribution in [0.25, 0.3) is 0 Å². The maximum Gasteiger partial charge on any atom is 0.00956 e. The summed E-state index contributed by atoms with van der Waals surface area (Å²) in [6.07, 6.45) is 10.0. The first-order chi connectivity index (χ1) is 6.29. The molecule has 3 aliphatic carbocycles. The second-order valence-corrected chi connectivity index (χ2v) is 5.17. The van der Waals surface area contributed by atoms with Crippen LogP contribution in [0, 0.1) is 17.8 Å². The third-order valence-electron chi connectivity index (χ3n) is 4.45. The van der Waals surface area contributed by atoms with Crippen molar-refractivity contribution in [1.82, 2.24) is 0 Å². The molecule has 3 aliphatic rings. The Kier molecular flexibility index (Phi) is 2.92. The van der Waals surface area contributed by atoms with Gasteiger partial charge >= 0.3 is 0 Å². The van der Waals surface area contributed by atoms with Crippen LogP contribution in [-0.2, 0) is 0 Å². The van der Waals surface area contributed by atoms with E-state index in [0.29, 0.717) is 6.04 Å². The summed E-state index contributed by atoms with van der Waals surface area (Å²) in [6.45, 7) is 2.38. The van der Waals surface area contributed by atoms with Gasteiger partial charge in [0.05, 0.1) is 0 Å². The molecule has 0 aromatic heterocycles. The van der Waals surface area contributed by atoms with Crippen molar-refractivity contribution in [3.05, 3.63) is 0 Å². The van der Waals surface area contributed by atoms with Crippen LogP contribution in [0.2, 0.25) is 0 Å². The Morgan fingerprint density at radius 1 is 0.846 bits per heavy atom. The summed E-state index contributed by atoms with van der Waals surface area (Å²) in [5, 5.41) is 0. The fraction of sp³-hybridized carbons (Fsp3) is 1.00. The highest BCUT2D eigenvalue weighted by Crippen LogP contribution is 2.39. The lowest BCUT2D eigenvalue weighted by atomic mass is 9.70.